The Bertz CT molecular complexity index is 708. The number of fused-ring (bicyclic) bond motifs is 1. The van der Waals surface area contributed by atoms with Crippen molar-refractivity contribution in [2.24, 2.45) is 0 Å². The largest absolute Gasteiger partial charge is 0.419 e. The van der Waals surface area contributed by atoms with Crippen molar-refractivity contribution in [2.75, 3.05) is 6.54 Å². The van der Waals surface area contributed by atoms with Gasteiger partial charge in [-0.05, 0) is 37.2 Å². The van der Waals surface area contributed by atoms with E-state index in [0.717, 1.165) is 29.4 Å². The second-order valence-electron chi connectivity index (χ2n) is 4.59. The van der Waals surface area contributed by atoms with Crippen molar-refractivity contribution in [2.45, 2.75) is 19.9 Å². The molecule has 0 spiro atoms. The van der Waals surface area contributed by atoms with E-state index in [1.165, 1.54) is 0 Å². The van der Waals surface area contributed by atoms with Gasteiger partial charge in [-0.2, -0.15) is 0 Å². The zero-order valence-corrected chi connectivity index (χ0v) is 11.3. The fourth-order valence-electron chi connectivity index (χ4n) is 2.02. The number of pyridine rings is 1. The third kappa shape index (κ3) is 2.67. The molecule has 5 nitrogen and oxygen atoms in total. The smallest absolute Gasteiger partial charge is 0.247 e. The SMILES string of the molecule is CCCNCc1nnc(-c2ccc3ncccc3c2)o1. The number of nitrogens with zero attached hydrogens (tertiary/aromatic N) is 3. The lowest BCUT2D eigenvalue weighted by atomic mass is 10.1. The Labute approximate surface area is 117 Å². The Morgan fingerprint density at radius 3 is 3.05 bits per heavy atom. The highest BCUT2D eigenvalue weighted by Gasteiger charge is 2.08. The first-order chi connectivity index (χ1) is 9.86. The predicted octanol–water partition coefficient (Wildman–Crippen LogP) is 2.78. The van der Waals surface area contributed by atoms with Gasteiger partial charge >= 0.3 is 0 Å². The van der Waals surface area contributed by atoms with E-state index in [9.17, 15) is 0 Å². The molecular formula is C15H16N4O. The molecule has 0 saturated carbocycles. The van der Waals surface area contributed by atoms with Gasteiger partial charge in [-0.15, -0.1) is 10.2 Å². The van der Waals surface area contributed by atoms with E-state index in [1.807, 2.05) is 30.3 Å². The number of hydrogen-bond acceptors (Lipinski definition) is 5. The number of aromatic nitrogens is 3. The van der Waals surface area contributed by atoms with Crippen LogP contribution in [-0.2, 0) is 6.54 Å². The maximum atomic E-state index is 5.66. The minimum atomic E-state index is 0.545. The Morgan fingerprint density at radius 1 is 1.20 bits per heavy atom. The van der Waals surface area contributed by atoms with Gasteiger partial charge < -0.3 is 9.73 Å². The average Bonchev–Trinajstić information content (AvgIpc) is 2.96. The molecule has 0 aliphatic carbocycles. The van der Waals surface area contributed by atoms with Crippen molar-refractivity contribution < 1.29 is 4.42 Å². The third-order valence-corrected chi connectivity index (χ3v) is 3.02. The first kappa shape index (κ1) is 12.7. The highest BCUT2D eigenvalue weighted by molar-refractivity contribution is 5.82. The lowest BCUT2D eigenvalue weighted by molar-refractivity contribution is 0.477. The minimum absolute atomic E-state index is 0.545. The van der Waals surface area contributed by atoms with E-state index in [4.69, 9.17) is 4.42 Å². The molecule has 0 aliphatic rings. The molecule has 0 atom stereocenters. The molecule has 20 heavy (non-hydrogen) atoms. The normalized spacial score (nSPS) is 11.1. The van der Waals surface area contributed by atoms with Crippen LogP contribution in [0.2, 0.25) is 0 Å². The molecule has 0 bridgehead atoms. The second-order valence-corrected chi connectivity index (χ2v) is 4.59. The molecule has 102 valence electrons. The highest BCUT2D eigenvalue weighted by Crippen LogP contribution is 2.22. The molecule has 3 rings (SSSR count). The van der Waals surface area contributed by atoms with Crippen LogP contribution >= 0.6 is 0 Å². The zero-order chi connectivity index (χ0) is 13.8. The van der Waals surface area contributed by atoms with E-state index in [-0.39, 0.29) is 0 Å². The summed E-state index contributed by atoms with van der Waals surface area (Å²) in [6.07, 6.45) is 2.87. The van der Waals surface area contributed by atoms with Crippen molar-refractivity contribution in [3.8, 4) is 11.5 Å². The molecule has 3 aromatic rings. The van der Waals surface area contributed by atoms with E-state index in [1.54, 1.807) is 6.20 Å². The summed E-state index contributed by atoms with van der Waals surface area (Å²) in [7, 11) is 0. The van der Waals surface area contributed by atoms with Gasteiger partial charge in [0.15, 0.2) is 0 Å². The van der Waals surface area contributed by atoms with Gasteiger partial charge in [0, 0.05) is 17.1 Å². The van der Waals surface area contributed by atoms with Crippen LogP contribution < -0.4 is 5.32 Å². The summed E-state index contributed by atoms with van der Waals surface area (Å²) in [5.41, 5.74) is 1.88. The lowest BCUT2D eigenvalue weighted by Crippen LogP contribution is -2.13. The summed E-state index contributed by atoms with van der Waals surface area (Å²) in [6, 6.07) is 9.86. The molecule has 0 radical (unpaired) electrons. The molecule has 0 fully saturated rings. The van der Waals surface area contributed by atoms with Crippen LogP contribution in [0.4, 0.5) is 0 Å². The monoisotopic (exact) mass is 268 g/mol. The summed E-state index contributed by atoms with van der Waals surface area (Å²) in [6.45, 7) is 3.67. The Hall–Kier alpha value is -2.27. The van der Waals surface area contributed by atoms with Crippen LogP contribution in [0.1, 0.15) is 19.2 Å². The number of rotatable bonds is 5. The van der Waals surface area contributed by atoms with Crippen molar-refractivity contribution in [3.05, 3.63) is 42.4 Å². The van der Waals surface area contributed by atoms with Crippen molar-refractivity contribution >= 4 is 10.9 Å². The Morgan fingerprint density at radius 2 is 2.15 bits per heavy atom. The molecule has 1 aromatic carbocycles. The van der Waals surface area contributed by atoms with Gasteiger partial charge in [0.25, 0.3) is 0 Å². The van der Waals surface area contributed by atoms with Crippen LogP contribution in [-0.4, -0.2) is 21.7 Å². The molecule has 0 saturated heterocycles. The van der Waals surface area contributed by atoms with E-state index < -0.39 is 0 Å². The first-order valence-electron chi connectivity index (χ1n) is 6.75. The van der Waals surface area contributed by atoms with Gasteiger partial charge in [-0.3, -0.25) is 4.98 Å². The summed E-state index contributed by atoms with van der Waals surface area (Å²) >= 11 is 0. The molecule has 0 amide bonds. The summed E-state index contributed by atoms with van der Waals surface area (Å²) in [5.74, 6) is 1.16. The van der Waals surface area contributed by atoms with Crippen LogP contribution in [0.25, 0.3) is 22.4 Å². The van der Waals surface area contributed by atoms with E-state index in [2.05, 4.69) is 27.4 Å². The molecule has 0 aliphatic heterocycles. The quantitative estimate of drug-likeness (QED) is 0.721. The maximum Gasteiger partial charge on any atom is 0.247 e. The Kier molecular flexibility index (Phi) is 3.69. The Balaban J connectivity index is 1.83. The molecule has 1 N–H and O–H groups in total. The number of nitrogens with one attached hydrogen (secondary N) is 1. The molecule has 5 heteroatoms. The zero-order valence-electron chi connectivity index (χ0n) is 11.3. The van der Waals surface area contributed by atoms with Gasteiger partial charge in [-0.1, -0.05) is 13.0 Å². The molecular weight excluding hydrogens is 252 g/mol. The van der Waals surface area contributed by atoms with E-state index in [0.29, 0.717) is 18.3 Å². The fraction of sp³-hybridized carbons (Fsp3) is 0.267. The molecule has 0 unspecified atom stereocenters. The van der Waals surface area contributed by atoms with Crippen LogP contribution in [0, 0.1) is 0 Å². The van der Waals surface area contributed by atoms with Crippen LogP contribution in [0.15, 0.2) is 40.9 Å². The second kappa shape index (κ2) is 5.79. The summed E-state index contributed by atoms with van der Waals surface area (Å²) < 4.78 is 5.66. The maximum absolute atomic E-state index is 5.66. The minimum Gasteiger partial charge on any atom is -0.419 e. The lowest BCUT2D eigenvalue weighted by Gasteiger charge is -1.99. The van der Waals surface area contributed by atoms with Crippen molar-refractivity contribution in [3.63, 3.8) is 0 Å². The fourth-order valence-corrected chi connectivity index (χ4v) is 2.02. The standard InChI is InChI=1S/C15H16N4O/c1-2-7-16-10-14-18-19-15(20-14)12-5-6-13-11(9-12)4-3-8-17-13/h3-6,8-9,16H,2,7,10H2,1H3. The van der Waals surface area contributed by atoms with Gasteiger partial charge in [0.2, 0.25) is 11.8 Å². The van der Waals surface area contributed by atoms with Gasteiger partial charge in [-0.25, -0.2) is 0 Å². The van der Waals surface area contributed by atoms with Gasteiger partial charge in [0.05, 0.1) is 12.1 Å². The van der Waals surface area contributed by atoms with Gasteiger partial charge in [0.1, 0.15) is 0 Å². The number of benzene rings is 1. The van der Waals surface area contributed by atoms with E-state index >= 15 is 0 Å². The highest BCUT2D eigenvalue weighted by atomic mass is 16.4. The van der Waals surface area contributed by atoms with Crippen LogP contribution in [0.3, 0.4) is 0 Å². The predicted molar refractivity (Wildman–Crippen MR) is 77.0 cm³/mol. The average molecular weight is 268 g/mol. The third-order valence-electron chi connectivity index (χ3n) is 3.02. The first-order valence-corrected chi connectivity index (χ1v) is 6.75. The van der Waals surface area contributed by atoms with Crippen molar-refractivity contribution in [1.29, 1.82) is 0 Å². The molecule has 2 heterocycles. The topological polar surface area (TPSA) is 63.8 Å². The van der Waals surface area contributed by atoms with Crippen molar-refractivity contribution in [1.82, 2.24) is 20.5 Å². The van der Waals surface area contributed by atoms with Crippen LogP contribution in [0.5, 0.6) is 0 Å². The number of hydrogen-bond donors (Lipinski definition) is 1. The summed E-state index contributed by atoms with van der Waals surface area (Å²) in [5, 5.41) is 12.4. The molecule has 2 aromatic heterocycles. The summed E-state index contributed by atoms with van der Waals surface area (Å²) in [4.78, 5) is 4.29.